The zero-order valence-electron chi connectivity index (χ0n) is 11.4. The summed E-state index contributed by atoms with van der Waals surface area (Å²) in [6, 6.07) is 9.89. The Morgan fingerprint density at radius 3 is 2.79 bits per heavy atom. The summed E-state index contributed by atoms with van der Waals surface area (Å²) in [6.07, 6.45) is 2.83. The molecular weight excluding hydrogens is 240 g/mol. The second kappa shape index (κ2) is 6.89. The van der Waals surface area contributed by atoms with Gasteiger partial charge in [-0.1, -0.05) is 30.3 Å². The summed E-state index contributed by atoms with van der Waals surface area (Å²) in [5.41, 5.74) is 1.06. The highest BCUT2D eigenvalue weighted by Crippen LogP contribution is 2.15. The van der Waals surface area contributed by atoms with Gasteiger partial charge in [-0.05, 0) is 25.6 Å². The molecule has 1 heterocycles. The Hall–Kier alpha value is -1.88. The Labute approximate surface area is 113 Å². The third kappa shape index (κ3) is 3.54. The molecule has 19 heavy (non-hydrogen) atoms. The molecule has 5 nitrogen and oxygen atoms in total. The van der Waals surface area contributed by atoms with Crippen molar-refractivity contribution in [3.8, 4) is 5.75 Å². The van der Waals surface area contributed by atoms with Gasteiger partial charge in [-0.2, -0.15) is 0 Å². The van der Waals surface area contributed by atoms with Gasteiger partial charge < -0.3 is 10.1 Å². The largest absolute Gasteiger partial charge is 0.492 e. The van der Waals surface area contributed by atoms with Crippen LogP contribution in [0.1, 0.15) is 25.1 Å². The minimum absolute atomic E-state index is 0.0850. The lowest BCUT2D eigenvalue weighted by atomic mass is 10.2. The van der Waals surface area contributed by atoms with E-state index in [4.69, 9.17) is 4.74 Å². The van der Waals surface area contributed by atoms with Crippen molar-refractivity contribution in [2.45, 2.75) is 25.9 Å². The molecule has 2 aromatic rings. The second-order valence-corrected chi connectivity index (χ2v) is 4.35. The van der Waals surface area contributed by atoms with Crippen LogP contribution in [-0.2, 0) is 6.54 Å². The Balaban J connectivity index is 2.01. The molecule has 0 aliphatic heterocycles. The molecule has 1 N–H and O–H groups in total. The number of ether oxygens (including phenoxy) is 1. The van der Waals surface area contributed by atoms with Gasteiger partial charge in [-0.3, -0.25) is 0 Å². The number of benzene rings is 1. The van der Waals surface area contributed by atoms with Gasteiger partial charge in [-0.15, -0.1) is 5.10 Å². The molecule has 1 unspecified atom stereocenters. The first-order valence-electron chi connectivity index (χ1n) is 6.58. The molecule has 1 atom stereocenters. The number of nitrogens with one attached hydrogen (secondary N) is 1. The van der Waals surface area contributed by atoms with Crippen LogP contribution in [0.2, 0.25) is 0 Å². The lowest BCUT2D eigenvalue weighted by Crippen LogP contribution is -2.26. The van der Waals surface area contributed by atoms with Crippen LogP contribution in [0.25, 0.3) is 0 Å². The Morgan fingerprint density at radius 1 is 1.32 bits per heavy atom. The van der Waals surface area contributed by atoms with Gasteiger partial charge >= 0.3 is 0 Å². The molecular formula is C14H20N4O. The van der Waals surface area contributed by atoms with Gasteiger partial charge in [0.1, 0.15) is 12.4 Å². The van der Waals surface area contributed by atoms with E-state index in [0.717, 1.165) is 24.4 Å². The van der Waals surface area contributed by atoms with Crippen molar-refractivity contribution in [2.24, 2.45) is 0 Å². The summed E-state index contributed by atoms with van der Waals surface area (Å²) < 4.78 is 7.71. The number of aryl methyl sites for hydroxylation is 1. The van der Waals surface area contributed by atoms with Crippen LogP contribution in [0.15, 0.2) is 36.5 Å². The number of rotatable bonds is 7. The quantitative estimate of drug-likeness (QED) is 0.827. The van der Waals surface area contributed by atoms with Crippen molar-refractivity contribution >= 4 is 0 Å². The van der Waals surface area contributed by atoms with Crippen LogP contribution >= 0.6 is 0 Å². The van der Waals surface area contributed by atoms with E-state index in [-0.39, 0.29) is 6.04 Å². The molecule has 5 heteroatoms. The van der Waals surface area contributed by atoms with Crippen LogP contribution in [0.3, 0.4) is 0 Å². The fourth-order valence-corrected chi connectivity index (χ4v) is 1.93. The average molecular weight is 260 g/mol. The van der Waals surface area contributed by atoms with Crippen LogP contribution in [0.4, 0.5) is 0 Å². The van der Waals surface area contributed by atoms with Crippen molar-refractivity contribution in [3.05, 3.63) is 42.2 Å². The average Bonchev–Trinajstić information content (AvgIpc) is 2.90. The zero-order chi connectivity index (χ0) is 13.5. The van der Waals surface area contributed by atoms with Crippen molar-refractivity contribution < 1.29 is 4.74 Å². The molecule has 0 saturated heterocycles. The topological polar surface area (TPSA) is 52.0 Å². The van der Waals surface area contributed by atoms with E-state index >= 15 is 0 Å². The molecule has 2 rings (SSSR count). The first kappa shape index (κ1) is 13.5. The molecule has 0 spiro atoms. The van der Waals surface area contributed by atoms with E-state index in [1.54, 1.807) is 6.20 Å². The lowest BCUT2D eigenvalue weighted by Gasteiger charge is -2.17. The Bertz CT molecular complexity index is 483. The van der Waals surface area contributed by atoms with Gasteiger partial charge in [0.05, 0.1) is 17.9 Å². The van der Waals surface area contributed by atoms with Gasteiger partial charge in [0.2, 0.25) is 0 Å². The lowest BCUT2D eigenvalue weighted by molar-refractivity contribution is 0.265. The molecule has 0 radical (unpaired) electrons. The van der Waals surface area contributed by atoms with Crippen LogP contribution in [0.5, 0.6) is 5.75 Å². The maximum Gasteiger partial charge on any atom is 0.119 e. The monoisotopic (exact) mass is 260 g/mol. The number of para-hydroxylation sites is 1. The fraction of sp³-hybridized carbons (Fsp3) is 0.429. The normalized spacial score (nSPS) is 12.3. The summed E-state index contributed by atoms with van der Waals surface area (Å²) in [6.45, 7) is 3.55. The predicted octanol–water partition coefficient (Wildman–Crippen LogP) is 2.03. The van der Waals surface area contributed by atoms with E-state index in [9.17, 15) is 0 Å². The summed E-state index contributed by atoms with van der Waals surface area (Å²) >= 11 is 0. The Morgan fingerprint density at radius 2 is 2.11 bits per heavy atom. The number of nitrogens with zero attached hydrogens (tertiary/aromatic N) is 3. The van der Waals surface area contributed by atoms with Crippen LogP contribution < -0.4 is 10.1 Å². The highest BCUT2D eigenvalue weighted by Gasteiger charge is 2.15. The Kier molecular flexibility index (Phi) is 4.92. The fourth-order valence-electron chi connectivity index (χ4n) is 1.93. The zero-order valence-corrected chi connectivity index (χ0v) is 11.4. The molecule has 1 aromatic carbocycles. The molecule has 1 aromatic heterocycles. The molecule has 0 saturated carbocycles. The van der Waals surface area contributed by atoms with Gasteiger partial charge in [-0.25, -0.2) is 4.68 Å². The third-order valence-electron chi connectivity index (χ3n) is 2.95. The van der Waals surface area contributed by atoms with Gasteiger partial charge in [0, 0.05) is 6.54 Å². The van der Waals surface area contributed by atoms with Crippen molar-refractivity contribution in [3.63, 3.8) is 0 Å². The first-order valence-corrected chi connectivity index (χ1v) is 6.58. The predicted molar refractivity (Wildman–Crippen MR) is 74.1 cm³/mol. The van der Waals surface area contributed by atoms with Gasteiger partial charge in [0.25, 0.3) is 0 Å². The number of hydrogen-bond acceptors (Lipinski definition) is 4. The SMILES string of the molecule is CCCn1nncc1C(COc1ccccc1)NC. The van der Waals surface area contributed by atoms with E-state index in [1.807, 2.05) is 42.1 Å². The number of aromatic nitrogens is 3. The minimum Gasteiger partial charge on any atom is -0.492 e. The van der Waals surface area contributed by atoms with Crippen molar-refractivity contribution in [1.29, 1.82) is 0 Å². The minimum atomic E-state index is 0.0850. The number of likely N-dealkylation sites (N-methyl/N-ethyl adjacent to an activating group) is 1. The van der Waals surface area contributed by atoms with E-state index in [1.165, 1.54) is 0 Å². The standard InChI is InChI=1S/C14H20N4O/c1-3-9-18-14(10-16-17-18)13(15-2)11-19-12-7-5-4-6-8-12/h4-8,10,13,15H,3,9,11H2,1-2H3. The van der Waals surface area contributed by atoms with E-state index in [0.29, 0.717) is 6.61 Å². The molecule has 0 fully saturated rings. The second-order valence-electron chi connectivity index (χ2n) is 4.35. The number of hydrogen-bond donors (Lipinski definition) is 1. The smallest absolute Gasteiger partial charge is 0.119 e. The highest BCUT2D eigenvalue weighted by molar-refractivity contribution is 5.21. The van der Waals surface area contributed by atoms with E-state index in [2.05, 4.69) is 22.6 Å². The van der Waals surface area contributed by atoms with Gasteiger partial charge in [0.15, 0.2) is 0 Å². The highest BCUT2D eigenvalue weighted by atomic mass is 16.5. The molecule has 0 aliphatic rings. The first-order chi connectivity index (χ1) is 9.35. The van der Waals surface area contributed by atoms with E-state index < -0.39 is 0 Å². The van der Waals surface area contributed by atoms with Crippen LogP contribution in [-0.4, -0.2) is 28.6 Å². The summed E-state index contributed by atoms with van der Waals surface area (Å²) in [5, 5.41) is 11.3. The molecule has 0 bridgehead atoms. The molecule has 0 aliphatic carbocycles. The maximum atomic E-state index is 5.78. The third-order valence-corrected chi connectivity index (χ3v) is 2.95. The summed E-state index contributed by atoms with van der Waals surface area (Å²) in [4.78, 5) is 0. The summed E-state index contributed by atoms with van der Waals surface area (Å²) in [5.74, 6) is 0.872. The van der Waals surface area contributed by atoms with Crippen molar-refractivity contribution in [2.75, 3.05) is 13.7 Å². The molecule has 102 valence electrons. The van der Waals surface area contributed by atoms with Crippen molar-refractivity contribution in [1.82, 2.24) is 20.3 Å². The molecule has 0 amide bonds. The summed E-state index contributed by atoms with van der Waals surface area (Å²) in [7, 11) is 1.92. The van der Waals surface area contributed by atoms with Crippen LogP contribution in [0, 0.1) is 0 Å². The maximum absolute atomic E-state index is 5.78.